The molecule has 0 saturated heterocycles. The van der Waals surface area contributed by atoms with Crippen molar-refractivity contribution in [2.75, 3.05) is 39.1 Å². The average Bonchev–Trinajstić information content (AvgIpc) is 2.35. The average molecular weight is 435 g/mol. The molecular weight excluding hydrogens is 405 g/mol. The molecule has 0 heterocycles. The molecule has 6 nitrogen and oxygen atoms in total. The Kier molecular flexibility index (Phi) is 12.7. The molecule has 0 aromatic heterocycles. The lowest BCUT2D eigenvalue weighted by Crippen LogP contribution is -2.42. The maximum Gasteiger partial charge on any atom is 0.191 e. The summed E-state index contributed by atoms with van der Waals surface area (Å²) in [4.78, 5) is 4.05. The van der Waals surface area contributed by atoms with Crippen LogP contribution in [0.15, 0.2) is 4.99 Å². The second-order valence-electron chi connectivity index (χ2n) is 5.41. The van der Waals surface area contributed by atoms with Crippen LogP contribution in [0.2, 0.25) is 0 Å². The van der Waals surface area contributed by atoms with Crippen LogP contribution in [-0.2, 0) is 14.6 Å². The zero-order valence-corrected chi connectivity index (χ0v) is 16.9. The Bertz CT molecular complexity index is 392. The van der Waals surface area contributed by atoms with E-state index in [2.05, 4.69) is 15.6 Å². The zero-order valence-electron chi connectivity index (χ0n) is 13.7. The van der Waals surface area contributed by atoms with Crippen molar-refractivity contribution in [3.63, 3.8) is 0 Å². The highest BCUT2D eigenvalue weighted by atomic mass is 127. The summed E-state index contributed by atoms with van der Waals surface area (Å²) >= 11 is 0. The summed E-state index contributed by atoms with van der Waals surface area (Å²) < 4.78 is 28.4. The minimum Gasteiger partial charge on any atom is -0.382 e. The van der Waals surface area contributed by atoms with E-state index in [0.29, 0.717) is 19.1 Å². The van der Waals surface area contributed by atoms with Crippen molar-refractivity contribution in [3.8, 4) is 0 Å². The Hall–Kier alpha value is -0.0900. The van der Waals surface area contributed by atoms with Crippen LogP contribution in [0.4, 0.5) is 0 Å². The standard InChI is InChI=1S/C13H29N3O3S.HI/c1-6-19-10-7-8-15-12(14-5)16-9-11-20(17,18)13(2,3)4;/h6-11H2,1-5H3,(H2,14,15,16);1H. The number of halogens is 1. The molecule has 128 valence electrons. The number of ether oxygens (including phenoxy) is 1. The molecular formula is C13H30IN3O3S. The number of hydrogen-bond donors (Lipinski definition) is 2. The first-order valence-corrected chi connectivity index (χ1v) is 8.64. The SMILES string of the molecule is CCOCCCNC(=NC)NCCS(=O)(=O)C(C)(C)C.I. The lowest BCUT2D eigenvalue weighted by atomic mass is 10.3. The van der Waals surface area contributed by atoms with Gasteiger partial charge in [-0.05, 0) is 34.1 Å². The largest absolute Gasteiger partial charge is 0.382 e. The number of guanidine groups is 1. The van der Waals surface area contributed by atoms with Crippen LogP contribution in [0.25, 0.3) is 0 Å². The van der Waals surface area contributed by atoms with Gasteiger partial charge in [-0.1, -0.05) is 0 Å². The third-order valence-corrected chi connectivity index (χ3v) is 5.39. The molecule has 0 fully saturated rings. The topological polar surface area (TPSA) is 79.8 Å². The predicted octanol–water partition coefficient (Wildman–Crippen LogP) is 1.41. The van der Waals surface area contributed by atoms with Crippen LogP contribution < -0.4 is 10.6 Å². The fourth-order valence-electron chi connectivity index (χ4n) is 1.36. The zero-order chi connectivity index (χ0) is 15.6. The van der Waals surface area contributed by atoms with Crippen molar-refractivity contribution in [1.82, 2.24) is 10.6 Å². The Labute approximate surface area is 146 Å². The van der Waals surface area contributed by atoms with Crippen LogP contribution in [-0.4, -0.2) is 58.2 Å². The van der Waals surface area contributed by atoms with Crippen LogP contribution >= 0.6 is 24.0 Å². The second kappa shape index (κ2) is 11.5. The first kappa shape index (κ1) is 23.2. The van der Waals surface area contributed by atoms with Crippen molar-refractivity contribution in [3.05, 3.63) is 0 Å². The van der Waals surface area contributed by atoms with Crippen molar-refractivity contribution < 1.29 is 13.2 Å². The summed E-state index contributed by atoms with van der Waals surface area (Å²) in [6.07, 6.45) is 0.884. The van der Waals surface area contributed by atoms with Gasteiger partial charge in [-0.3, -0.25) is 4.99 Å². The number of hydrogen-bond acceptors (Lipinski definition) is 4. The highest BCUT2D eigenvalue weighted by molar-refractivity contribution is 14.0. The van der Waals surface area contributed by atoms with Crippen molar-refractivity contribution >= 4 is 39.8 Å². The summed E-state index contributed by atoms with van der Waals surface area (Å²) in [7, 11) is -1.44. The molecule has 0 aliphatic carbocycles. The van der Waals surface area contributed by atoms with Crippen molar-refractivity contribution in [2.24, 2.45) is 4.99 Å². The Morgan fingerprint density at radius 1 is 1.19 bits per heavy atom. The van der Waals surface area contributed by atoms with E-state index in [0.717, 1.165) is 19.6 Å². The Morgan fingerprint density at radius 3 is 2.24 bits per heavy atom. The molecule has 0 aliphatic rings. The lowest BCUT2D eigenvalue weighted by molar-refractivity contribution is 0.145. The molecule has 0 saturated carbocycles. The van der Waals surface area contributed by atoms with Gasteiger partial charge in [0.15, 0.2) is 15.8 Å². The summed E-state index contributed by atoms with van der Waals surface area (Å²) in [5.74, 6) is 0.710. The number of sulfone groups is 1. The maximum absolute atomic E-state index is 11.9. The van der Waals surface area contributed by atoms with Gasteiger partial charge in [-0.15, -0.1) is 24.0 Å². The summed E-state index contributed by atoms with van der Waals surface area (Å²) in [6.45, 7) is 9.62. The van der Waals surface area contributed by atoms with Gasteiger partial charge in [-0.2, -0.15) is 0 Å². The molecule has 0 radical (unpaired) electrons. The van der Waals surface area contributed by atoms with E-state index in [4.69, 9.17) is 4.74 Å². The molecule has 0 amide bonds. The minimum absolute atomic E-state index is 0. The van der Waals surface area contributed by atoms with E-state index in [-0.39, 0.29) is 29.7 Å². The molecule has 0 bridgehead atoms. The third-order valence-electron chi connectivity index (χ3n) is 2.78. The highest BCUT2D eigenvalue weighted by Gasteiger charge is 2.28. The first-order valence-electron chi connectivity index (χ1n) is 6.99. The molecule has 0 rings (SSSR count). The van der Waals surface area contributed by atoms with E-state index in [1.807, 2.05) is 6.92 Å². The monoisotopic (exact) mass is 435 g/mol. The van der Waals surface area contributed by atoms with E-state index in [1.165, 1.54) is 0 Å². The van der Waals surface area contributed by atoms with E-state index in [1.54, 1.807) is 27.8 Å². The lowest BCUT2D eigenvalue weighted by Gasteiger charge is -2.19. The Morgan fingerprint density at radius 2 is 1.76 bits per heavy atom. The smallest absolute Gasteiger partial charge is 0.191 e. The van der Waals surface area contributed by atoms with E-state index in [9.17, 15) is 8.42 Å². The van der Waals surface area contributed by atoms with Crippen molar-refractivity contribution in [2.45, 2.75) is 38.9 Å². The third kappa shape index (κ3) is 10.3. The number of nitrogens with one attached hydrogen (secondary N) is 2. The number of nitrogens with zero attached hydrogens (tertiary/aromatic N) is 1. The van der Waals surface area contributed by atoms with Gasteiger partial charge in [0.25, 0.3) is 0 Å². The number of rotatable bonds is 8. The van der Waals surface area contributed by atoms with Gasteiger partial charge in [0.2, 0.25) is 0 Å². The number of aliphatic imine (C=N–C) groups is 1. The summed E-state index contributed by atoms with van der Waals surface area (Å²) in [6, 6.07) is 0. The molecule has 0 aromatic carbocycles. The van der Waals surface area contributed by atoms with Gasteiger partial charge in [0.1, 0.15) is 0 Å². The molecule has 2 N–H and O–H groups in total. The molecule has 0 unspecified atom stereocenters. The van der Waals surface area contributed by atoms with Crippen LogP contribution in [0.3, 0.4) is 0 Å². The molecule has 0 aromatic rings. The van der Waals surface area contributed by atoms with Crippen LogP contribution in [0.5, 0.6) is 0 Å². The van der Waals surface area contributed by atoms with Gasteiger partial charge >= 0.3 is 0 Å². The fraction of sp³-hybridized carbons (Fsp3) is 0.923. The minimum atomic E-state index is -3.10. The van der Waals surface area contributed by atoms with Crippen LogP contribution in [0, 0.1) is 0 Å². The van der Waals surface area contributed by atoms with Gasteiger partial charge in [-0.25, -0.2) is 8.42 Å². The highest BCUT2D eigenvalue weighted by Crippen LogP contribution is 2.15. The van der Waals surface area contributed by atoms with Gasteiger partial charge in [0.05, 0.1) is 10.5 Å². The molecule has 0 spiro atoms. The van der Waals surface area contributed by atoms with Crippen LogP contribution in [0.1, 0.15) is 34.1 Å². The molecule has 0 aliphatic heterocycles. The van der Waals surface area contributed by atoms with E-state index < -0.39 is 14.6 Å². The molecule has 0 atom stereocenters. The quantitative estimate of drug-likeness (QED) is 0.261. The van der Waals surface area contributed by atoms with E-state index >= 15 is 0 Å². The summed E-state index contributed by atoms with van der Waals surface area (Å²) in [5, 5.41) is 6.12. The van der Waals surface area contributed by atoms with Gasteiger partial charge < -0.3 is 15.4 Å². The normalized spacial score (nSPS) is 12.7. The maximum atomic E-state index is 11.9. The van der Waals surface area contributed by atoms with Crippen molar-refractivity contribution in [1.29, 1.82) is 0 Å². The fourth-order valence-corrected chi connectivity index (χ4v) is 2.34. The first-order chi connectivity index (χ1) is 9.24. The Balaban J connectivity index is 0. The predicted molar refractivity (Wildman–Crippen MR) is 99.4 cm³/mol. The molecule has 8 heteroatoms. The second-order valence-corrected chi connectivity index (χ2v) is 8.27. The summed E-state index contributed by atoms with van der Waals surface area (Å²) in [5.41, 5.74) is 0. The van der Waals surface area contributed by atoms with Gasteiger partial charge in [0, 0.05) is 33.4 Å². The molecule has 21 heavy (non-hydrogen) atoms.